The highest BCUT2D eigenvalue weighted by Crippen LogP contribution is 2.29. The molecule has 1 aromatic carbocycles. The Morgan fingerprint density at radius 3 is 2.60 bits per heavy atom. The molecule has 2 heterocycles. The molecule has 20 heavy (non-hydrogen) atoms. The Labute approximate surface area is 119 Å². The number of likely N-dealkylation sites (tertiary alicyclic amines) is 1. The van der Waals surface area contributed by atoms with E-state index in [1.807, 2.05) is 12.1 Å². The molecular formula is C16H21N3O. The van der Waals surface area contributed by atoms with Gasteiger partial charge in [0.1, 0.15) is 0 Å². The molecule has 1 aliphatic heterocycles. The van der Waals surface area contributed by atoms with E-state index in [2.05, 4.69) is 48.0 Å². The molecule has 0 saturated carbocycles. The molecule has 1 atom stereocenters. The molecule has 0 unspecified atom stereocenters. The van der Waals surface area contributed by atoms with Crippen LogP contribution in [0.2, 0.25) is 0 Å². The van der Waals surface area contributed by atoms with Crippen LogP contribution in [0.5, 0.6) is 0 Å². The molecule has 1 aliphatic rings. The smallest absolute Gasteiger partial charge is 0.247 e. The lowest BCUT2D eigenvalue weighted by atomic mass is 10.1. The molecule has 4 nitrogen and oxygen atoms in total. The van der Waals surface area contributed by atoms with Gasteiger partial charge in [0.05, 0.1) is 5.92 Å². The van der Waals surface area contributed by atoms with E-state index in [0.29, 0.717) is 17.9 Å². The fraction of sp³-hybridized carbons (Fsp3) is 0.500. The Hall–Kier alpha value is -1.68. The van der Waals surface area contributed by atoms with E-state index in [-0.39, 0.29) is 0 Å². The first-order valence-electron chi connectivity index (χ1n) is 7.28. The van der Waals surface area contributed by atoms with E-state index in [4.69, 9.17) is 4.42 Å². The standard InChI is InChI=1S/C16H21N3O/c1-11(2)19-9-8-14(10-19)16-18-17-15(20-16)13-6-4-12(3)5-7-13/h4-7,11,14H,8-10H2,1-3H3/t14-/m0/s1. The van der Waals surface area contributed by atoms with Crippen LogP contribution < -0.4 is 0 Å². The van der Waals surface area contributed by atoms with Gasteiger partial charge >= 0.3 is 0 Å². The predicted molar refractivity (Wildman–Crippen MR) is 78.5 cm³/mol. The fourth-order valence-corrected chi connectivity index (χ4v) is 2.67. The molecule has 4 heteroatoms. The Morgan fingerprint density at radius 1 is 1.20 bits per heavy atom. The van der Waals surface area contributed by atoms with Crippen LogP contribution >= 0.6 is 0 Å². The molecule has 0 radical (unpaired) electrons. The van der Waals surface area contributed by atoms with E-state index in [9.17, 15) is 0 Å². The molecule has 0 N–H and O–H groups in total. The predicted octanol–water partition coefficient (Wildman–Crippen LogP) is 3.24. The molecule has 0 bridgehead atoms. The number of nitrogens with zero attached hydrogens (tertiary/aromatic N) is 3. The Balaban J connectivity index is 1.76. The summed E-state index contributed by atoms with van der Waals surface area (Å²) >= 11 is 0. The average Bonchev–Trinajstić information content (AvgIpc) is 3.08. The molecule has 1 fully saturated rings. The van der Waals surface area contributed by atoms with E-state index >= 15 is 0 Å². The number of hydrogen-bond acceptors (Lipinski definition) is 4. The van der Waals surface area contributed by atoms with Crippen molar-refractivity contribution >= 4 is 0 Å². The highest BCUT2D eigenvalue weighted by molar-refractivity contribution is 5.52. The topological polar surface area (TPSA) is 42.2 Å². The molecule has 106 valence electrons. The van der Waals surface area contributed by atoms with E-state index in [0.717, 1.165) is 31.0 Å². The maximum atomic E-state index is 5.87. The van der Waals surface area contributed by atoms with Crippen LogP contribution in [0.1, 0.15) is 37.6 Å². The lowest BCUT2D eigenvalue weighted by Gasteiger charge is -2.19. The van der Waals surface area contributed by atoms with Gasteiger partial charge in [-0.25, -0.2) is 0 Å². The maximum Gasteiger partial charge on any atom is 0.247 e. The van der Waals surface area contributed by atoms with Crippen molar-refractivity contribution in [1.29, 1.82) is 0 Å². The number of aryl methyl sites for hydroxylation is 1. The third kappa shape index (κ3) is 2.61. The van der Waals surface area contributed by atoms with E-state index in [1.54, 1.807) is 0 Å². The van der Waals surface area contributed by atoms with Crippen LogP contribution in [0.3, 0.4) is 0 Å². The zero-order valence-electron chi connectivity index (χ0n) is 12.3. The van der Waals surface area contributed by atoms with Crippen LogP contribution in [0.25, 0.3) is 11.5 Å². The quantitative estimate of drug-likeness (QED) is 0.859. The first-order chi connectivity index (χ1) is 9.63. The summed E-state index contributed by atoms with van der Waals surface area (Å²) in [5.74, 6) is 1.79. The van der Waals surface area contributed by atoms with Crippen LogP contribution in [-0.4, -0.2) is 34.2 Å². The third-order valence-electron chi connectivity index (χ3n) is 4.04. The summed E-state index contributed by atoms with van der Waals surface area (Å²) in [5.41, 5.74) is 2.23. The van der Waals surface area contributed by atoms with Crippen molar-refractivity contribution in [3.8, 4) is 11.5 Å². The van der Waals surface area contributed by atoms with Crippen molar-refractivity contribution in [2.24, 2.45) is 0 Å². The highest BCUT2D eigenvalue weighted by atomic mass is 16.4. The molecular weight excluding hydrogens is 250 g/mol. The monoisotopic (exact) mass is 271 g/mol. The zero-order valence-corrected chi connectivity index (χ0v) is 12.3. The summed E-state index contributed by atoms with van der Waals surface area (Å²) in [4.78, 5) is 2.46. The summed E-state index contributed by atoms with van der Waals surface area (Å²) < 4.78 is 5.87. The van der Waals surface area contributed by atoms with Crippen LogP contribution in [-0.2, 0) is 0 Å². The average molecular weight is 271 g/mol. The Bertz CT molecular complexity index is 574. The Morgan fingerprint density at radius 2 is 1.95 bits per heavy atom. The third-order valence-corrected chi connectivity index (χ3v) is 4.04. The van der Waals surface area contributed by atoms with Crippen molar-refractivity contribution in [3.63, 3.8) is 0 Å². The first-order valence-corrected chi connectivity index (χ1v) is 7.28. The Kier molecular flexibility index (Phi) is 3.57. The minimum atomic E-state index is 0.379. The fourth-order valence-electron chi connectivity index (χ4n) is 2.67. The van der Waals surface area contributed by atoms with Crippen molar-refractivity contribution in [2.45, 2.75) is 39.2 Å². The minimum Gasteiger partial charge on any atom is -0.420 e. The number of rotatable bonds is 3. The lowest BCUT2D eigenvalue weighted by Crippen LogP contribution is -2.27. The molecule has 0 spiro atoms. The molecule has 3 rings (SSSR count). The lowest BCUT2D eigenvalue weighted by molar-refractivity contribution is 0.269. The van der Waals surface area contributed by atoms with Gasteiger partial charge in [-0.1, -0.05) is 17.7 Å². The van der Waals surface area contributed by atoms with Gasteiger partial charge < -0.3 is 9.32 Å². The molecule has 1 aromatic heterocycles. The van der Waals surface area contributed by atoms with Crippen LogP contribution in [0.15, 0.2) is 28.7 Å². The van der Waals surface area contributed by atoms with Gasteiger partial charge in [0.15, 0.2) is 0 Å². The van der Waals surface area contributed by atoms with Crippen LogP contribution in [0, 0.1) is 6.92 Å². The van der Waals surface area contributed by atoms with Crippen molar-refractivity contribution < 1.29 is 4.42 Å². The van der Waals surface area contributed by atoms with E-state index in [1.165, 1.54) is 5.56 Å². The molecule has 1 saturated heterocycles. The summed E-state index contributed by atoms with van der Waals surface area (Å²) in [5, 5.41) is 8.44. The van der Waals surface area contributed by atoms with Gasteiger partial charge in [-0.2, -0.15) is 0 Å². The zero-order chi connectivity index (χ0) is 14.1. The highest BCUT2D eigenvalue weighted by Gasteiger charge is 2.29. The second-order valence-corrected chi connectivity index (χ2v) is 5.89. The molecule has 0 amide bonds. The van der Waals surface area contributed by atoms with Crippen molar-refractivity contribution in [2.75, 3.05) is 13.1 Å². The van der Waals surface area contributed by atoms with Gasteiger partial charge in [0.25, 0.3) is 0 Å². The van der Waals surface area contributed by atoms with Crippen LogP contribution in [0.4, 0.5) is 0 Å². The van der Waals surface area contributed by atoms with E-state index < -0.39 is 0 Å². The number of benzene rings is 1. The SMILES string of the molecule is Cc1ccc(-c2nnc([C@H]3CCN(C(C)C)C3)o2)cc1. The normalized spacial score (nSPS) is 19.9. The minimum absolute atomic E-state index is 0.379. The maximum absolute atomic E-state index is 5.87. The summed E-state index contributed by atoms with van der Waals surface area (Å²) in [7, 11) is 0. The summed E-state index contributed by atoms with van der Waals surface area (Å²) in [6.45, 7) is 8.67. The van der Waals surface area contributed by atoms with Gasteiger partial charge in [0.2, 0.25) is 11.8 Å². The molecule has 2 aromatic rings. The number of aromatic nitrogens is 2. The second-order valence-electron chi connectivity index (χ2n) is 5.89. The number of hydrogen-bond donors (Lipinski definition) is 0. The summed E-state index contributed by atoms with van der Waals surface area (Å²) in [6, 6.07) is 8.77. The first kappa shape index (κ1) is 13.3. The van der Waals surface area contributed by atoms with Crippen molar-refractivity contribution in [3.05, 3.63) is 35.7 Å². The van der Waals surface area contributed by atoms with Gasteiger partial charge in [-0.15, -0.1) is 10.2 Å². The second kappa shape index (κ2) is 5.37. The van der Waals surface area contributed by atoms with Gasteiger partial charge in [-0.05, 0) is 45.9 Å². The van der Waals surface area contributed by atoms with Gasteiger partial charge in [-0.3, -0.25) is 0 Å². The molecule has 0 aliphatic carbocycles. The van der Waals surface area contributed by atoms with Gasteiger partial charge in [0, 0.05) is 18.2 Å². The largest absolute Gasteiger partial charge is 0.420 e. The van der Waals surface area contributed by atoms with Crippen molar-refractivity contribution in [1.82, 2.24) is 15.1 Å². The summed E-state index contributed by atoms with van der Waals surface area (Å²) in [6.07, 6.45) is 1.10.